The second-order valence-electron chi connectivity index (χ2n) is 7.95. The number of pyridine rings is 1. The second kappa shape index (κ2) is 8.25. The first-order valence-electron chi connectivity index (χ1n) is 10.6. The van der Waals surface area contributed by atoms with Gasteiger partial charge in [-0.25, -0.2) is 19.6 Å². The standard InChI is InChI=1S/C21H26N8O/c30-19(26-16-5-1-2-6-16)14-29-21-17(13-25-29)20(23-15-24-21)28-11-9-27(10-12-28)18-7-3-4-8-22-18/h3-4,7-8,13,15-16H,1-2,5-6,9-12,14H2,(H,26,30). The van der Waals surface area contributed by atoms with Crippen LogP contribution in [0.5, 0.6) is 0 Å². The topological polar surface area (TPSA) is 92.1 Å². The van der Waals surface area contributed by atoms with E-state index in [4.69, 9.17) is 0 Å². The minimum Gasteiger partial charge on any atom is -0.353 e. The first kappa shape index (κ1) is 18.8. The normalized spacial score (nSPS) is 17.6. The molecule has 0 atom stereocenters. The van der Waals surface area contributed by atoms with E-state index in [0.717, 1.165) is 56.0 Å². The Labute approximate surface area is 175 Å². The molecule has 1 amide bonds. The SMILES string of the molecule is O=C(Cn1ncc2c(N3CCN(c4ccccn4)CC3)ncnc21)NC1CCCC1. The van der Waals surface area contributed by atoms with Gasteiger partial charge in [-0.15, -0.1) is 0 Å². The molecule has 156 valence electrons. The van der Waals surface area contributed by atoms with Gasteiger partial charge in [-0.2, -0.15) is 5.10 Å². The van der Waals surface area contributed by atoms with Crippen molar-refractivity contribution in [3.05, 3.63) is 36.9 Å². The summed E-state index contributed by atoms with van der Waals surface area (Å²) in [6.07, 6.45) is 9.70. The largest absolute Gasteiger partial charge is 0.353 e. The molecule has 0 radical (unpaired) electrons. The van der Waals surface area contributed by atoms with Gasteiger partial charge in [0.1, 0.15) is 24.5 Å². The van der Waals surface area contributed by atoms with Gasteiger partial charge in [0.2, 0.25) is 5.91 Å². The van der Waals surface area contributed by atoms with Gasteiger partial charge in [0, 0.05) is 38.4 Å². The second-order valence-corrected chi connectivity index (χ2v) is 7.95. The summed E-state index contributed by atoms with van der Waals surface area (Å²) < 4.78 is 1.68. The van der Waals surface area contributed by atoms with Crippen molar-refractivity contribution in [1.82, 2.24) is 30.0 Å². The van der Waals surface area contributed by atoms with Crippen LogP contribution < -0.4 is 15.1 Å². The number of aromatic nitrogens is 5. The van der Waals surface area contributed by atoms with Crippen LogP contribution in [0.25, 0.3) is 11.0 Å². The van der Waals surface area contributed by atoms with Crippen LogP contribution in [-0.2, 0) is 11.3 Å². The maximum atomic E-state index is 12.4. The molecule has 2 aliphatic rings. The van der Waals surface area contributed by atoms with Crippen LogP contribution in [0.2, 0.25) is 0 Å². The zero-order chi connectivity index (χ0) is 20.3. The fourth-order valence-corrected chi connectivity index (χ4v) is 4.42. The fraction of sp³-hybridized carbons (Fsp3) is 0.476. The van der Waals surface area contributed by atoms with E-state index >= 15 is 0 Å². The molecule has 30 heavy (non-hydrogen) atoms. The van der Waals surface area contributed by atoms with Crippen molar-refractivity contribution in [3.8, 4) is 0 Å². The minimum atomic E-state index is -0.00367. The summed E-state index contributed by atoms with van der Waals surface area (Å²) in [5.41, 5.74) is 0.703. The van der Waals surface area contributed by atoms with Crippen LogP contribution in [-0.4, -0.2) is 62.9 Å². The van der Waals surface area contributed by atoms with E-state index in [1.165, 1.54) is 12.8 Å². The lowest BCUT2D eigenvalue weighted by Gasteiger charge is -2.36. The molecule has 3 aromatic rings. The Morgan fingerprint density at radius 2 is 1.83 bits per heavy atom. The van der Waals surface area contributed by atoms with E-state index in [1.54, 1.807) is 17.2 Å². The predicted octanol–water partition coefficient (Wildman–Crippen LogP) is 1.61. The molecule has 4 heterocycles. The number of nitrogens with one attached hydrogen (secondary N) is 1. The summed E-state index contributed by atoms with van der Waals surface area (Å²) in [5.74, 6) is 1.88. The van der Waals surface area contributed by atoms with Gasteiger partial charge in [0.15, 0.2) is 5.65 Å². The third-order valence-electron chi connectivity index (χ3n) is 5.98. The van der Waals surface area contributed by atoms with Crippen molar-refractivity contribution in [2.75, 3.05) is 36.0 Å². The first-order chi connectivity index (χ1) is 14.8. The molecular weight excluding hydrogens is 380 g/mol. The molecule has 1 aliphatic heterocycles. The molecule has 9 heteroatoms. The van der Waals surface area contributed by atoms with Crippen LogP contribution >= 0.6 is 0 Å². The monoisotopic (exact) mass is 406 g/mol. The van der Waals surface area contributed by atoms with Crippen molar-refractivity contribution in [1.29, 1.82) is 0 Å². The molecule has 2 fully saturated rings. The molecule has 0 unspecified atom stereocenters. The Hall–Kier alpha value is -3.23. The molecule has 0 aromatic carbocycles. The van der Waals surface area contributed by atoms with Crippen LogP contribution in [0.15, 0.2) is 36.9 Å². The molecule has 9 nitrogen and oxygen atoms in total. The summed E-state index contributed by atoms with van der Waals surface area (Å²) in [5, 5.41) is 8.44. The van der Waals surface area contributed by atoms with E-state index in [9.17, 15) is 4.79 Å². The zero-order valence-corrected chi connectivity index (χ0v) is 16.9. The average Bonchev–Trinajstić information content (AvgIpc) is 3.45. The Morgan fingerprint density at radius 1 is 1.03 bits per heavy atom. The highest BCUT2D eigenvalue weighted by molar-refractivity contribution is 5.88. The van der Waals surface area contributed by atoms with E-state index < -0.39 is 0 Å². The minimum absolute atomic E-state index is 0.00367. The van der Waals surface area contributed by atoms with Crippen molar-refractivity contribution in [3.63, 3.8) is 0 Å². The number of hydrogen-bond acceptors (Lipinski definition) is 7. The molecule has 0 bridgehead atoms. The summed E-state index contributed by atoms with van der Waals surface area (Å²) >= 11 is 0. The van der Waals surface area contributed by atoms with E-state index in [1.807, 2.05) is 24.4 Å². The fourth-order valence-electron chi connectivity index (χ4n) is 4.42. The summed E-state index contributed by atoms with van der Waals surface area (Å²) in [6, 6.07) is 6.29. The molecule has 3 aromatic heterocycles. The number of anilines is 2. The molecule has 5 rings (SSSR count). The van der Waals surface area contributed by atoms with Crippen LogP contribution in [0.1, 0.15) is 25.7 Å². The van der Waals surface area contributed by atoms with Gasteiger partial charge >= 0.3 is 0 Å². The quantitative estimate of drug-likeness (QED) is 0.688. The van der Waals surface area contributed by atoms with Crippen LogP contribution in [0, 0.1) is 0 Å². The smallest absolute Gasteiger partial charge is 0.242 e. The Bertz CT molecular complexity index is 1010. The molecule has 1 saturated carbocycles. The van der Waals surface area contributed by atoms with Crippen LogP contribution in [0.3, 0.4) is 0 Å². The van der Waals surface area contributed by atoms with Gasteiger partial charge in [0.05, 0.1) is 11.6 Å². The lowest BCUT2D eigenvalue weighted by molar-refractivity contribution is -0.122. The number of carbonyl (C=O) groups is 1. The number of nitrogens with zero attached hydrogens (tertiary/aromatic N) is 7. The summed E-state index contributed by atoms with van der Waals surface area (Å²) in [6.45, 7) is 3.62. The van der Waals surface area contributed by atoms with Gasteiger partial charge < -0.3 is 15.1 Å². The van der Waals surface area contributed by atoms with Crippen molar-refractivity contribution in [2.45, 2.75) is 38.3 Å². The number of amides is 1. The molecule has 1 aliphatic carbocycles. The predicted molar refractivity (Wildman–Crippen MR) is 114 cm³/mol. The number of rotatable bonds is 5. The number of piperazine rings is 1. The zero-order valence-electron chi connectivity index (χ0n) is 16.9. The van der Waals surface area contributed by atoms with E-state index in [0.29, 0.717) is 11.7 Å². The third-order valence-corrected chi connectivity index (χ3v) is 5.98. The van der Waals surface area contributed by atoms with E-state index in [-0.39, 0.29) is 12.5 Å². The maximum absolute atomic E-state index is 12.4. The molecule has 1 saturated heterocycles. The summed E-state index contributed by atoms with van der Waals surface area (Å²) in [4.78, 5) is 30.4. The number of carbonyl (C=O) groups excluding carboxylic acids is 1. The number of hydrogen-bond donors (Lipinski definition) is 1. The van der Waals surface area contributed by atoms with Gasteiger partial charge in [-0.3, -0.25) is 4.79 Å². The highest BCUT2D eigenvalue weighted by atomic mass is 16.2. The van der Waals surface area contributed by atoms with E-state index in [2.05, 4.69) is 35.2 Å². The van der Waals surface area contributed by atoms with Crippen molar-refractivity contribution >= 4 is 28.6 Å². The highest BCUT2D eigenvalue weighted by Crippen LogP contribution is 2.25. The Kier molecular flexibility index (Phi) is 5.17. The molecule has 1 N–H and O–H groups in total. The Balaban J connectivity index is 1.28. The first-order valence-corrected chi connectivity index (χ1v) is 10.6. The van der Waals surface area contributed by atoms with Crippen molar-refractivity contribution < 1.29 is 4.79 Å². The summed E-state index contributed by atoms with van der Waals surface area (Å²) in [7, 11) is 0. The average molecular weight is 406 g/mol. The number of fused-ring (bicyclic) bond motifs is 1. The van der Waals surface area contributed by atoms with Crippen LogP contribution in [0.4, 0.5) is 11.6 Å². The lowest BCUT2D eigenvalue weighted by atomic mass is 10.2. The molecular formula is C21H26N8O. The maximum Gasteiger partial charge on any atom is 0.242 e. The Morgan fingerprint density at radius 3 is 2.60 bits per heavy atom. The lowest BCUT2D eigenvalue weighted by Crippen LogP contribution is -2.47. The van der Waals surface area contributed by atoms with Crippen molar-refractivity contribution in [2.24, 2.45) is 0 Å². The van der Waals surface area contributed by atoms with Gasteiger partial charge in [-0.1, -0.05) is 18.9 Å². The third kappa shape index (κ3) is 3.79. The van der Waals surface area contributed by atoms with Gasteiger partial charge in [-0.05, 0) is 25.0 Å². The highest BCUT2D eigenvalue weighted by Gasteiger charge is 2.23. The van der Waals surface area contributed by atoms with Gasteiger partial charge in [0.25, 0.3) is 0 Å². The molecule has 0 spiro atoms.